The van der Waals surface area contributed by atoms with E-state index < -0.39 is 6.10 Å². The van der Waals surface area contributed by atoms with Crippen LogP contribution < -0.4 is 5.32 Å². The number of carbonyl (C=O) groups excluding carboxylic acids is 1. The number of piperidine rings is 1. The molecule has 5 heteroatoms. The summed E-state index contributed by atoms with van der Waals surface area (Å²) in [5.74, 6) is 1.35. The van der Waals surface area contributed by atoms with E-state index in [-0.39, 0.29) is 12.5 Å². The molecule has 0 aromatic rings. The molecule has 2 N–H and O–H groups in total. The minimum Gasteiger partial charge on any atom is -0.390 e. The molecule has 0 aromatic heterocycles. The van der Waals surface area contributed by atoms with Crippen LogP contribution in [0.1, 0.15) is 32.6 Å². The number of amides is 1. The third kappa shape index (κ3) is 6.20. The molecule has 1 aliphatic heterocycles. The molecule has 5 nitrogen and oxygen atoms in total. The fourth-order valence-corrected chi connectivity index (χ4v) is 2.49. The minimum atomic E-state index is -0.490. The second-order valence-electron chi connectivity index (χ2n) is 6.40. The molecule has 0 bridgehead atoms. The van der Waals surface area contributed by atoms with E-state index in [9.17, 15) is 9.90 Å². The summed E-state index contributed by atoms with van der Waals surface area (Å²) in [5, 5.41) is 12.7. The van der Waals surface area contributed by atoms with Crippen molar-refractivity contribution < 1.29 is 14.6 Å². The number of rotatable bonds is 8. The summed E-state index contributed by atoms with van der Waals surface area (Å²) in [4.78, 5) is 13.8. The quantitative estimate of drug-likeness (QED) is 0.686. The van der Waals surface area contributed by atoms with Crippen LogP contribution in [0.25, 0.3) is 0 Å². The Morgan fingerprint density at radius 1 is 1.35 bits per heavy atom. The van der Waals surface area contributed by atoms with Crippen molar-refractivity contribution in [2.45, 2.75) is 38.7 Å². The van der Waals surface area contributed by atoms with Gasteiger partial charge in [-0.15, -0.1) is 0 Å². The first-order valence-electron chi connectivity index (χ1n) is 7.88. The molecule has 0 radical (unpaired) electrons. The summed E-state index contributed by atoms with van der Waals surface area (Å²) in [5.41, 5.74) is 0. The van der Waals surface area contributed by atoms with Gasteiger partial charge in [-0.2, -0.15) is 0 Å². The van der Waals surface area contributed by atoms with Crippen LogP contribution in [-0.4, -0.2) is 61.4 Å². The normalized spacial score (nSPS) is 22.7. The molecule has 2 rings (SSSR count). The third-order valence-electron chi connectivity index (χ3n) is 4.16. The van der Waals surface area contributed by atoms with E-state index in [0.717, 1.165) is 19.0 Å². The van der Waals surface area contributed by atoms with Gasteiger partial charge in [0.15, 0.2) is 0 Å². The number of aliphatic hydroxyl groups is 1. The first kappa shape index (κ1) is 15.7. The Morgan fingerprint density at radius 2 is 2.05 bits per heavy atom. The van der Waals surface area contributed by atoms with Crippen molar-refractivity contribution in [3.05, 3.63) is 0 Å². The lowest BCUT2D eigenvalue weighted by Gasteiger charge is -2.31. The van der Waals surface area contributed by atoms with Crippen LogP contribution in [0.15, 0.2) is 0 Å². The van der Waals surface area contributed by atoms with Gasteiger partial charge in [0.25, 0.3) is 0 Å². The molecule has 1 amide bonds. The zero-order valence-electron chi connectivity index (χ0n) is 12.5. The standard InChI is InChI=1S/C15H28N2O3/c1-12-4-6-17(7-5-12)9-14(18)8-16-15(19)11-20-10-13-2-3-13/h12-14,18H,2-11H2,1H3,(H,16,19). The second kappa shape index (κ2) is 7.96. The average molecular weight is 284 g/mol. The molecule has 0 spiro atoms. The zero-order chi connectivity index (χ0) is 14.4. The molecular formula is C15H28N2O3. The van der Waals surface area contributed by atoms with Gasteiger partial charge in [0, 0.05) is 13.1 Å². The highest BCUT2D eigenvalue weighted by molar-refractivity contribution is 5.77. The molecule has 20 heavy (non-hydrogen) atoms. The van der Waals surface area contributed by atoms with Crippen LogP contribution >= 0.6 is 0 Å². The molecule has 1 saturated heterocycles. The van der Waals surface area contributed by atoms with Gasteiger partial charge < -0.3 is 20.1 Å². The van der Waals surface area contributed by atoms with Crippen LogP contribution in [-0.2, 0) is 9.53 Å². The van der Waals surface area contributed by atoms with Crippen molar-refractivity contribution in [1.29, 1.82) is 0 Å². The minimum absolute atomic E-state index is 0.116. The van der Waals surface area contributed by atoms with Crippen molar-refractivity contribution in [2.75, 3.05) is 39.4 Å². The summed E-state index contributed by atoms with van der Waals surface area (Å²) < 4.78 is 5.31. The smallest absolute Gasteiger partial charge is 0.246 e. The van der Waals surface area contributed by atoms with E-state index in [1.54, 1.807) is 0 Å². The number of nitrogens with zero attached hydrogens (tertiary/aromatic N) is 1. The van der Waals surface area contributed by atoms with Crippen LogP contribution in [0.5, 0.6) is 0 Å². The lowest BCUT2D eigenvalue weighted by atomic mass is 9.99. The highest BCUT2D eigenvalue weighted by Gasteiger charge is 2.22. The first-order valence-corrected chi connectivity index (χ1v) is 7.88. The number of nitrogens with one attached hydrogen (secondary N) is 1. The lowest BCUT2D eigenvalue weighted by molar-refractivity contribution is -0.126. The van der Waals surface area contributed by atoms with Crippen molar-refractivity contribution in [1.82, 2.24) is 10.2 Å². The molecule has 1 unspecified atom stereocenters. The molecule has 0 aromatic carbocycles. The van der Waals surface area contributed by atoms with Gasteiger partial charge in [0.1, 0.15) is 6.61 Å². The Hall–Kier alpha value is -0.650. The van der Waals surface area contributed by atoms with E-state index >= 15 is 0 Å². The van der Waals surface area contributed by atoms with Crippen LogP contribution in [0.3, 0.4) is 0 Å². The van der Waals surface area contributed by atoms with Crippen LogP contribution in [0.2, 0.25) is 0 Å². The number of hydrogen-bond donors (Lipinski definition) is 2. The largest absolute Gasteiger partial charge is 0.390 e. The second-order valence-corrected chi connectivity index (χ2v) is 6.40. The molecule has 1 heterocycles. The van der Waals surface area contributed by atoms with Crippen molar-refractivity contribution in [2.24, 2.45) is 11.8 Å². The molecule has 1 atom stereocenters. The van der Waals surface area contributed by atoms with Crippen LogP contribution in [0.4, 0.5) is 0 Å². The van der Waals surface area contributed by atoms with Gasteiger partial charge in [-0.3, -0.25) is 4.79 Å². The summed E-state index contributed by atoms with van der Waals surface area (Å²) >= 11 is 0. The maximum atomic E-state index is 11.5. The van der Waals surface area contributed by atoms with Crippen LogP contribution in [0, 0.1) is 11.8 Å². The summed E-state index contributed by atoms with van der Waals surface area (Å²) in [6, 6.07) is 0. The molecule has 2 fully saturated rings. The Balaban J connectivity index is 1.50. The topological polar surface area (TPSA) is 61.8 Å². The Morgan fingerprint density at radius 3 is 2.70 bits per heavy atom. The number of β-amino-alcohol motifs (C(OH)–C–C–N with tert-alkyl or cyclic N) is 1. The van der Waals surface area contributed by atoms with Crippen molar-refractivity contribution in [3.8, 4) is 0 Å². The molecule has 2 aliphatic rings. The number of aliphatic hydroxyl groups excluding tert-OH is 1. The Bertz CT molecular complexity index is 299. The number of carbonyl (C=O) groups is 1. The fourth-order valence-electron chi connectivity index (χ4n) is 2.49. The predicted molar refractivity (Wildman–Crippen MR) is 77.4 cm³/mol. The number of ether oxygens (including phenoxy) is 1. The van der Waals surface area contributed by atoms with Crippen molar-refractivity contribution >= 4 is 5.91 Å². The lowest BCUT2D eigenvalue weighted by Crippen LogP contribution is -2.43. The van der Waals surface area contributed by atoms with E-state index in [0.29, 0.717) is 25.6 Å². The molecule has 116 valence electrons. The molecular weight excluding hydrogens is 256 g/mol. The fraction of sp³-hybridized carbons (Fsp3) is 0.933. The number of hydrogen-bond acceptors (Lipinski definition) is 4. The van der Waals surface area contributed by atoms with Gasteiger partial charge >= 0.3 is 0 Å². The molecule has 1 aliphatic carbocycles. The van der Waals surface area contributed by atoms with Gasteiger partial charge in [0.05, 0.1) is 12.7 Å². The summed E-state index contributed by atoms with van der Waals surface area (Å²) in [6.45, 7) is 6.16. The third-order valence-corrected chi connectivity index (χ3v) is 4.16. The van der Waals surface area contributed by atoms with Gasteiger partial charge in [-0.1, -0.05) is 6.92 Å². The summed E-state index contributed by atoms with van der Waals surface area (Å²) in [6.07, 6.45) is 4.38. The maximum Gasteiger partial charge on any atom is 0.246 e. The maximum absolute atomic E-state index is 11.5. The van der Waals surface area contributed by atoms with Crippen molar-refractivity contribution in [3.63, 3.8) is 0 Å². The molecule has 1 saturated carbocycles. The Kier molecular flexibility index (Phi) is 6.26. The highest BCUT2D eigenvalue weighted by atomic mass is 16.5. The highest BCUT2D eigenvalue weighted by Crippen LogP contribution is 2.28. The van der Waals surface area contributed by atoms with E-state index in [4.69, 9.17) is 4.74 Å². The zero-order valence-corrected chi connectivity index (χ0v) is 12.5. The Labute approximate surface area is 121 Å². The van der Waals surface area contributed by atoms with E-state index in [2.05, 4.69) is 17.1 Å². The number of likely N-dealkylation sites (tertiary alicyclic amines) is 1. The predicted octanol–water partition coefficient (Wildman–Crippen LogP) is 0.622. The van der Waals surface area contributed by atoms with Gasteiger partial charge in [0.2, 0.25) is 5.91 Å². The van der Waals surface area contributed by atoms with Gasteiger partial charge in [-0.25, -0.2) is 0 Å². The van der Waals surface area contributed by atoms with Gasteiger partial charge in [-0.05, 0) is 50.6 Å². The first-order chi connectivity index (χ1) is 9.63. The van der Waals surface area contributed by atoms with E-state index in [1.165, 1.54) is 25.7 Å². The summed E-state index contributed by atoms with van der Waals surface area (Å²) in [7, 11) is 0. The average Bonchev–Trinajstić information content (AvgIpc) is 3.23. The SMILES string of the molecule is CC1CCN(CC(O)CNC(=O)COCC2CC2)CC1. The van der Waals surface area contributed by atoms with E-state index in [1.807, 2.05) is 0 Å². The monoisotopic (exact) mass is 284 g/mol.